The average Bonchev–Trinajstić information content (AvgIpc) is 3.14. The number of hydrogen-bond donors (Lipinski definition) is 3. The van der Waals surface area contributed by atoms with Crippen LogP contribution in [0.3, 0.4) is 0 Å². The van der Waals surface area contributed by atoms with Crippen molar-refractivity contribution in [3.63, 3.8) is 0 Å². The van der Waals surface area contributed by atoms with Gasteiger partial charge in [0.15, 0.2) is 0 Å². The summed E-state index contributed by atoms with van der Waals surface area (Å²) in [6.45, 7) is 1.76. The third kappa shape index (κ3) is 4.89. The monoisotopic (exact) mass is 380 g/mol. The van der Waals surface area contributed by atoms with Gasteiger partial charge in [0.1, 0.15) is 5.75 Å². The number of carbonyl (C=O) groups is 1. The summed E-state index contributed by atoms with van der Waals surface area (Å²) in [7, 11) is 1.58. The lowest BCUT2D eigenvalue weighted by Crippen LogP contribution is -2.41. The zero-order valence-electron chi connectivity index (χ0n) is 15.9. The molecule has 28 heavy (non-hydrogen) atoms. The predicted octanol–water partition coefficient (Wildman–Crippen LogP) is 2.91. The fourth-order valence-corrected chi connectivity index (χ4v) is 2.93. The summed E-state index contributed by atoms with van der Waals surface area (Å²) in [5.74, 6) is 0.609. The number of ether oxygens (including phenoxy) is 1. The Kier molecular flexibility index (Phi) is 6.29. The molecule has 0 bridgehead atoms. The summed E-state index contributed by atoms with van der Waals surface area (Å²) in [5, 5.41) is 15.2. The highest BCUT2D eigenvalue weighted by Gasteiger charge is 2.13. The van der Waals surface area contributed by atoms with Gasteiger partial charge in [-0.3, -0.25) is 0 Å². The molecule has 2 amide bonds. The first-order valence-electron chi connectivity index (χ1n) is 9.00. The van der Waals surface area contributed by atoms with Gasteiger partial charge in [-0.15, -0.1) is 0 Å². The molecule has 1 heterocycles. The van der Waals surface area contributed by atoms with E-state index in [1.807, 2.05) is 54.1 Å². The molecule has 0 aliphatic rings. The molecule has 0 saturated carbocycles. The van der Waals surface area contributed by atoms with Crippen molar-refractivity contribution in [1.82, 2.24) is 14.9 Å². The lowest BCUT2D eigenvalue weighted by Gasteiger charge is -2.17. The van der Waals surface area contributed by atoms with E-state index in [2.05, 4.69) is 15.6 Å². The van der Waals surface area contributed by atoms with Gasteiger partial charge in [-0.2, -0.15) is 0 Å². The molecule has 3 aromatic rings. The minimum absolute atomic E-state index is 0.148. The molecule has 1 aromatic heterocycles. The quantitative estimate of drug-likeness (QED) is 0.588. The Morgan fingerprint density at radius 3 is 2.68 bits per heavy atom. The number of aliphatic hydroxyl groups excluding tert-OH is 1. The number of nitrogens with zero attached hydrogens (tertiary/aromatic N) is 2. The Morgan fingerprint density at radius 2 is 2.04 bits per heavy atom. The summed E-state index contributed by atoms with van der Waals surface area (Å²) in [5.41, 5.74) is 3.36. The van der Waals surface area contributed by atoms with E-state index in [0.29, 0.717) is 17.9 Å². The van der Waals surface area contributed by atoms with Gasteiger partial charge in [0, 0.05) is 18.0 Å². The first-order chi connectivity index (χ1) is 13.6. The molecule has 0 aliphatic carbocycles. The number of hydrogen-bond acceptors (Lipinski definition) is 4. The Balaban J connectivity index is 1.66. The first kappa shape index (κ1) is 19.4. The van der Waals surface area contributed by atoms with E-state index in [9.17, 15) is 9.90 Å². The number of aryl methyl sites for hydroxylation is 1. The van der Waals surface area contributed by atoms with Crippen LogP contribution in [0.25, 0.3) is 5.69 Å². The molecule has 0 aliphatic heterocycles. The first-order valence-corrected chi connectivity index (χ1v) is 9.00. The maximum Gasteiger partial charge on any atom is 0.319 e. The van der Waals surface area contributed by atoms with Crippen LogP contribution >= 0.6 is 0 Å². The summed E-state index contributed by atoms with van der Waals surface area (Å²) in [4.78, 5) is 16.6. The van der Waals surface area contributed by atoms with Crippen LogP contribution in [0.2, 0.25) is 0 Å². The summed E-state index contributed by atoms with van der Waals surface area (Å²) in [6, 6.07) is 14.3. The molecule has 7 heteroatoms. The van der Waals surface area contributed by atoms with Crippen LogP contribution in [0, 0.1) is 6.92 Å². The number of methoxy groups -OCH3 is 1. The topological polar surface area (TPSA) is 88.4 Å². The number of benzene rings is 2. The second-order valence-corrected chi connectivity index (χ2v) is 6.48. The SMILES string of the molecule is COc1cc(NC(=O)N[C@@H](CO)Cc2ccccc2)ccc1-n1cnc(C)c1. The minimum Gasteiger partial charge on any atom is -0.494 e. The second kappa shape index (κ2) is 9.05. The van der Waals surface area contributed by atoms with Gasteiger partial charge in [0.05, 0.1) is 37.5 Å². The largest absolute Gasteiger partial charge is 0.494 e. The normalized spacial score (nSPS) is 11.7. The molecular formula is C21H24N4O3. The van der Waals surface area contributed by atoms with Gasteiger partial charge in [-0.25, -0.2) is 9.78 Å². The van der Waals surface area contributed by atoms with Crippen molar-refractivity contribution in [3.05, 3.63) is 72.3 Å². The van der Waals surface area contributed by atoms with Crippen LogP contribution in [0.1, 0.15) is 11.3 Å². The van der Waals surface area contributed by atoms with Crippen molar-refractivity contribution in [3.8, 4) is 11.4 Å². The minimum atomic E-state index is -0.386. The second-order valence-electron chi connectivity index (χ2n) is 6.48. The van der Waals surface area contributed by atoms with Gasteiger partial charge in [-0.1, -0.05) is 30.3 Å². The number of anilines is 1. The highest BCUT2D eigenvalue weighted by atomic mass is 16.5. The molecule has 0 radical (unpaired) electrons. The van der Waals surface area contributed by atoms with E-state index in [0.717, 1.165) is 16.9 Å². The van der Waals surface area contributed by atoms with E-state index in [1.54, 1.807) is 25.6 Å². The molecule has 0 spiro atoms. The lowest BCUT2D eigenvalue weighted by molar-refractivity contribution is 0.224. The smallest absolute Gasteiger partial charge is 0.319 e. The zero-order valence-corrected chi connectivity index (χ0v) is 15.9. The molecule has 7 nitrogen and oxygen atoms in total. The predicted molar refractivity (Wildman–Crippen MR) is 108 cm³/mol. The van der Waals surface area contributed by atoms with Gasteiger partial charge >= 0.3 is 6.03 Å². The van der Waals surface area contributed by atoms with Crippen LogP contribution in [0.4, 0.5) is 10.5 Å². The zero-order chi connectivity index (χ0) is 19.9. The van der Waals surface area contributed by atoms with Crippen molar-refractivity contribution in [2.24, 2.45) is 0 Å². The molecule has 146 valence electrons. The summed E-state index contributed by atoms with van der Waals surface area (Å²) < 4.78 is 7.31. The van der Waals surface area contributed by atoms with Gasteiger partial charge in [-0.05, 0) is 31.0 Å². The molecule has 0 unspecified atom stereocenters. The maximum absolute atomic E-state index is 12.3. The third-order valence-corrected chi connectivity index (χ3v) is 4.31. The standard InChI is InChI=1S/C21H24N4O3/c1-15-12-25(14-22-15)19-9-8-17(11-20(19)28-2)23-21(27)24-18(13-26)10-16-6-4-3-5-7-16/h3-9,11-12,14,18,26H,10,13H2,1-2H3,(H2,23,24,27)/t18-/m1/s1. The van der Waals surface area contributed by atoms with Crippen molar-refractivity contribution in [2.75, 3.05) is 19.0 Å². The van der Waals surface area contributed by atoms with Crippen LogP contribution in [0.15, 0.2) is 61.1 Å². The van der Waals surface area contributed by atoms with Crippen molar-refractivity contribution >= 4 is 11.7 Å². The Labute approximate surface area is 164 Å². The van der Waals surface area contributed by atoms with E-state index in [1.165, 1.54) is 0 Å². The fourth-order valence-electron chi connectivity index (χ4n) is 2.93. The van der Waals surface area contributed by atoms with Gasteiger partial charge in [0.2, 0.25) is 0 Å². The number of aromatic nitrogens is 2. The molecule has 0 fully saturated rings. The Bertz CT molecular complexity index is 924. The van der Waals surface area contributed by atoms with Crippen molar-refractivity contribution in [2.45, 2.75) is 19.4 Å². The van der Waals surface area contributed by atoms with Crippen molar-refractivity contribution in [1.29, 1.82) is 0 Å². The Hall–Kier alpha value is -3.32. The van der Waals surface area contributed by atoms with Crippen LogP contribution in [-0.4, -0.2) is 40.4 Å². The number of carbonyl (C=O) groups excluding carboxylic acids is 1. The summed E-state index contributed by atoms with van der Waals surface area (Å²) in [6.07, 6.45) is 4.16. The molecule has 2 aromatic carbocycles. The van der Waals surface area contributed by atoms with Gasteiger partial charge < -0.3 is 25.0 Å². The van der Waals surface area contributed by atoms with Crippen LogP contribution in [0.5, 0.6) is 5.75 Å². The third-order valence-electron chi connectivity index (χ3n) is 4.31. The highest BCUT2D eigenvalue weighted by molar-refractivity contribution is 5.90. The van der Waals surface area contributed by atoms with Crippen LogP contribution in [-0.2, 0) is 6.42 Å². The van der Waals surface area contributed by atoms with E-state index in [4.69, 9.17) is 4.74 Å². The highest BCUT2D eigenvalue weighted by Crippen LogP contribution is 2.26. The molecule has 3 rings (SSSR count). The van der Waals surface area contributed by atoms with E-state index >= 15 is 0 Å². The van der Waals surface area contributed by atoms with E-state index in [-0.39, 0.29) is 18.7 Å². The van der Waals surface area contributed by atoms with Crippen LogP contribution < -0.4 is 15.4 Å². The van der Waals surface area contributed by atoms with Gasteiger partial charge in [0.25, 0.3) is 0 Å². The molecule has 0 saturated heterocycles. The molecule has 1 atom stereocenters. The maximum atomic E-state index is 12.3. The van der Waals surface area contributed by atoms with Crippen molar-refractivity contribution < 1.29 is 14.6 Å². The average molecular weight is 380 g/mol. The molecular weight excluding hydrogens is 356 g/mol. The number of imidazole rings is 1. The number of aliphatic hydroxyl groups is 1. The number of nitrogens with one attached hydrogen (secondary N) is 2. The number of urea groups is 1. The summed E-state index contributed by atoms with van der Waals surface area (Å²) >= 11 is 0. The fraction of sp³-hybridized carbons (Fsp3) is 0.238. The van der Waals surface area contributed by atoms with E-state index < -0.39 is 0 Å². The Morgan fingerprint density at radius 1 is 1.25 bits per heavy atom. The number of rotatable bonds is 7. The lowest BCUT2D eigenvalue weighted by atomic mass is 10.1. The molecule has 3 N–H and O–H groups in total. The number of amides is 2.